The van der Waals surface area contributed by atoms with E-state index in [9.17, 15) is 9.59 Å². The minimum absolute atomic E-state index is 0.0401. The van der Waals surface area contributed by atoms with Gasteiger partial charge in [0, 0.05) is 49.5 Å². The Balaban J connectivity index is 1.76. The number of rotatable bonds is 10. The quantitative estimate of drug-likeness (QED) is 0.245. The molecule has 3 aromatic carbocycles. The van der Waals surface area contributed by atoms with Crippen molar-refractivity contribution in [3.05, 3.63) is 89.0 Å². The number of nitrogens with two attached hydrogens (primary N) is 1. The van der Waals surface area contributed by atoms with Crippen molar-refractivity contribution in [3.63, 3.8) is 0 Å². The maximum Gasteiger partial charge on any atom is 0.254 e. The lowest BCUT2D eigenvalue weighted by Crippen LogP contribution is -2.31. The van der Waals surface area contributed by atoms with Crippen LogP contribution in [0.5, 0.6) is 11.5 Å². The molecule has 3 rings (SSSR count). The van der Waals surface area contributed by atoms with Gasteiger partial charge in [-0.2, -0.15) is 0 Å². The molecule has 1 atom stereocenters. The topological polar surface area (TPSA) is 127 Å². The highest BCUT2D eigenvalue weighted by Gasteiger charge is 2.28. The van der Waals surface area contributed by atoms with Crippen LogP contribution in [0, 0.1) is 17.0 Å². The fourth-order valence-corrected chi connectivity index (χ4v) is 3.39. The number of carbonyl (C=O) groups is 2. The maximum atomic E-state index is 15.0. The Kier molecular flexibility index (Phi) is 8.69. The van der Waals surface area contributed by atoms with E-state index < -0.39 is 29.2 Å². The third-order valence-corrected chi connectivity index (χ3v) is 5.01. The molecule has 0 aliphatic heterocycles. The Hall–Kier alpha value is -4.31. The summed E-state index contributed by atoms with van der Waals surface area (Å²) < 4.78 is 41.0. The molecular weight excluding hydrogens is 470 g/mol. The van der Waals surface area contributed by atoms with Gasteiger partial charge in [0.2, 0.25) is 5.91 Å². The van der Waals surface area contributed by atoms with E-state index in [0.29, 0.717) is 16.8 Å². The van der Waals surface area contributed by atoms with Crippen molar-refractivity contribution in [2.75, 3.05) is 11.9 Å². The van der Waals surface area contributed by atoms with Gasteiger partial charge in [-0.3, -0.25) is 15.0 Å². The maximum absolute atomic E-state index is 15.0. The van der Waals surface area contributed by atoms with Gasteiger partial charge in [0.25, 0.3) is 5.91 Å². The largest absolute Gasteiger partial charge is 0.457 e. The van der Waals surface area contributed by atoms with Gasteiger partial charge in [0.1, 0.15) is 29.0 Å². The number of hydrogen-bond acceptors (Lipinski definition) is 5. The predicted molar refractivity (Wildman–Crippen MR) is 131 cm³/mol. The molecule has 0 bridgehead atoms. The number of anilines is 1. The summed E-state index contributed by atoms with van der Waals surface area (Å²) in [7, 11) is 0. The average Bonchev–Trinajstić information content (AvgIpc) is 2.81. The zero-order chi connectivity index (χ0) is 26.2. The number of ether oxygens (including phenoxy) is 2. The highest BCUT2D eigenvalue weighted by Crippen LogP contribution is 2.31. The molecular formula is C26H26F2N4O4. The molecule has 36 heavy (non-hydrogen) atoms. The van der Waals surface area contributed by atoms with E-state index in [-0.39, 0.29) is 36.4 Å². The molecule has 8 nitrogen and oxygen atoms in total. The Morgan fingerprint density at radius 2 is 1.69 bits per heavy atom. The highest BCUT2D eigenvalue weighted by atomic mass is 19.1. The zero-order valence-electron chi connectivity index (χ0n) is 19.7. The van der Waals surface area contributed by atoms with Gasteiger partial charge in [-0.25, -0.2) is 8.78 Å². The van der Waals surface area contributed by atoms with E-state index in [1.807, 2.05) is 0 Å². The number of nitrogens with one attached hydrogen (secondary N) is 3. The minimum atomic E-state index is -1.52. The standard InChI is InChI=1S/C26H26F2N4O4/c1-3-35-24(26(34)31-14-16-7-9-17(10-8-16)25(29)30)23-21(27)12-20(13-22(23)28)36-19-6-4-5-18(11-19)32-15(2)33/h4-13,24H,3,14H2,1-2H3,(H3,29,30)(H,31,34)(H,32,33). The van der Waals surface area contributed by atoms with Crippen molar-refractivity contribution in [2.24, 2.45) is 5.73 Å². The van der Waals surface area contributed by atoms with Crippen molar-refractivity contribution in [1.29, 1.82) is 5.41 Å². The second-order valence-electron chi connectivity index (χ2n) is 7.78. The lowest BCUT2D eigenvalue weighted by Gasteiger charge is -2.19. The first-order valence-electron chi connectivity index (χ1n) is 11.0. The van der Waals surface area contributed by atoms with Crippen LogP contribution < -0.4 is 21.1 Å². The first-order chi connectivity index (χ1) is 17.2. The molecule has 5 N–H and O–H groups in total. The van der Waals surface area contributed by atoms with Crippen LogP contribution in [0.4, 0.5) is 14.5 Å². The van der Waals surface area contributed by atoms with E-state index in [1.54, 1.807) is 49.4 Å². The van der Waals surface area contributed by atoms with Crippen molar-refractivity contribution >= 4 is 23.3 Å². The lowest BCUT2D eigenvalue weighted by molar-refractivity contribution is -0.133. The lowest BCUT2D eigenvalue weighted by atomic mass is 10.1. The van der Waals surface area contributed by atoms with E-state index >= 15 is 8.78 Å². The molecule has 3 aromatic rings. The summed E-state index contributed by atoms with van der Waals surface area (Å²) in [6, 6.07) is 14.9. The summed E-state index contributed by atoms with van der Waals surface area (Å²) in [6.45, 7) is 3.08. The average molecular weight is 497 g/mol. The number of amidine groups is 1. The SMILES string of the molecule is CCOC(C(=O)NCc1ccc(C(=N)N)cc1)c1c(F)cc(Oc2cccc(NC(C)=O)c2)cc1F. The summed E-state index contributed by atoms with van der Waals surface area (Å²) in [4.78, 5) is 24.0. The molecule has 188 valence electrons. The summed E-state index contributed by atoms with van der Waals surface area (Å²) in [6.07, 6.45) is -1.52. The first-order valence-corrected chi connectivity index (χ1v) is 11.0. The number of carbonyl (C=O) groups excluding carboxylic acids is 2. The summed E-state index contributed by atoms with van der Waals surface area (Å²) in [5, 5.41) is 12.6. The second kappa shape index (κ2) is 11.9. The summed E-state index contributed by atoms with van der Waals surface area (Å²) >= 11 is 0. The minimum Gasteiger partial charge on any atom is -0.457 e. The number of benzene rings is 3. The molecule has 2 amide bonds. The van der Waals surface area contributed by atoms with Crippen molar-refractivity contribution in [1.82, 2.24) is 5.32 Å². The van der Waals surface area contributed by atoms with Crippen molar-refractivity contribution < 1.29 is 27.8 Å². The highest BCUT2D eigenvalue weighted by molar-refractivity contribution is 5.94. The van der Waals surface area contributed by atoms with Crippen LogP contribution in [0.25, 0.3) is 0 Å². The Bertz CT molecular complexity index is 1240. The van der Waals surface area contributed by atoms with Crippen LogP contribution in [0.3, 0.4) is 0 Å². The molecule has 0 fully saturated rings. The Morgan fingerprint density at radius 3 is 2.28 bits per heavy atom. The normalized spacial score (nSPS) is 11.4. The van der Waals surface area contributed by atoms with Crippen LogP contribution in [0.1, 0.15) is 36.6 Å². The molecule has 0 radical (unpaired) electrons. The fraction of sp³-hybridized carbons (Fsp3) is 0.192. The molecule has 0 heterocycles. The van der Waals surface area contributed by atoms with E-state index in [1.165, 1.54) is 13.0 Å². The monoisotopic (exact) mass is 496 g/mol. The summed E-state index contributed by atoms with van der Waals surface area (Å²) in [5.74, 6) is -2.98. The van der Waals surface area contributed by atoms with Crippen LogP contribution in [0.2, 0.25) is 0 Å². The smallest absolute Gasteiger partial charge is 0.254 e. The first kappa shape index (κ1) is 26.3. The second-order valence-corrected chi connectivity index (χ2v) is 7.78. The van der Waals surface area contributed by atoms with Crippen LogP contribution in [-0.2, 0) is 20.9 Å². The number of hydrogen-bond donors (Lipinski definition) is 4. The molecule has 0 aliphatic rings. The van der Waals surface area contributed by atoms with Gasteiger partial charge in [-0.05, 0) is 24.6 Å². The third-order valence-electron chi connectivity index (χ3n) is 5.01. The third kappa shape index (κ3) is 6.86. The van der Waals surface area contributed by atoms with E-state index in [2.05, 4.69) is 10.6 Å². The molecule has 0 spiro atoms. The Labute approximate surface area is 206 Å². The van der Waals surface area contributed by atoms with E-state index in [4.69, 9.17) is 20.6 Å². The molecule has 0 saturated carbocycles. The molecule has 0 aliphatic carbocycles. The molecule has 1 unspecified atom stereocenters. The molecule has 10 heteroatoms. The van der Waals surface area contributed by atoms with Gasteiger partial charge < -0.3 is 25.8 Å². The Morgan fingerprint density at radius 1 is 1.03 bits per heavy atom. The van der Waals surface area contributed by atoms with Crippen molar-refractivity contribution in [3.8, 4) is 11.5 Å². The number of nitrogen functional groups attached to an aromatic ring is 1. The zero-order valence-corrected chi connectivity index (χ0v) is 19.7. The molecule has 0 saturated heterocycles. The van der Waals surface area contributed by atoms with Gasteiger partial charge in [0.05, 0.1) is 5.56 Å². The fourth-order valence-electron chi connectivity index (χ4n) is 3.39. The number of halogens is 2. The van der Waals surface area contributed by atoms with Crippen LogP contribution >= 0.6 is 0 Å². The molecule has 0 aromatic heterocycles. The summed E-state index contributed by atoms with van der Waals surface area (Å²) in [5.41, 5.74) is 6.59. The van der Waals surface area contributed by atoms with Gasteiger partial charge in [-0.1, -0.05) is 30.3 Å². The predicted octanol–water partition coefficient (Wildman–Crippen LogP) is 4.39. The van der Waals surface area contributed by atoms with Crippen LogP contribution in [-0.4, -0.2) is 24.3 Å². The van der Waals surface area contributed by atoms with E-state index in [0.717, 1.165) is 12.1 Å². The van der Waals surface area contributed by atoms with Gasteiger partial charge >= 0.3 is 0 Å². The van der Waals surface area contributed by atoms with Gasteiger partial charge in [-0.15, -0.1) is 0 Å². The van der Waals surface area contributed by atoms with Crippen molar-refractivity contribution in [2.45, 2.75) is 26.5 Å². The number of amides is 2. The van der Waals surface area contributed by atoms with Crippen LogP contribution in [0.15, 0.2) is 60.7 Å². The van der Waals surface area contributed by atoms with Gasteiger partial charge in [0.15, 0.2) is 6.10 Å².